The van der Waals surface area contributed by atoms with Gasteiger partial charge >= 0.3 is 0 Å². The fourth-order valence-corrected chi connectivity index (χ4v) is 5.30. The minimum Gasteiger partial charge on any atom is -0.337 e. The van der Waals surface area contributed by atoms with Crippen molar-refractivity contribution < 1.29 is 13.2 Å². The second-order valence-electron chi connectivity index (χ2n) is 8.50. The highest BCUT2D eigenvalue weighted by atomic mass is 35.5. The predicted octanol–water partition coefficient (Wildman–Crippen LogP) is 3.69. The number of anilines is 1. The number of sulfonamides is 1. The molecule has 8 heteroatoms. The number of hydrogen-bond donors (Lipinski definition) is 1. The summed E-state index contributed by atoms with van der Waals surface area (Å²) < 4.78 is 25.2. The number of rotatable bonds is 6. The van der Waals surface area contributed by atoms with Crippen LogP contribution >= 0.6 is 11.6 Å². The summed E-state index contributed by atoms with van der Waals surface area (Å²) in [5.41, 5.74) is 2.91. The van der Waals surface area contributed by atoms with E-state index in [4.69, 9.17) is 11.6 Å². The molecular formula is C23H28ClN3O3S. The third kappa shape index (κ3) is 5.59. The molecule has 2 aliphatic heterocycles. The van der Waals surface area contributed by atoms with E-state index in [9.17, 15) is 13.2 Å². The molecule has 1 N–H and O–H groups in total. The first kappa shape index (κ1) is 22.1. The Balaban J connectivity index is 1.30. The van der Waals surface area contributed by atoms with Gasteiger partial charge in [-0.05, 0) is 73.7 Å². The number of piperidine rings is 1. The maximum atomic E-state index is 13.0. The van der Waals surface area contributed by atoms with Crippen LogP contribution in [0.15, 0.2) is 48.5 Å². The van der Waals surface area contributed by atoms with Gasteiger partial charge in [0.2, 0.25) is 15.9 Å². The molecule has 2 aromatic carbocycles. The topological polar surface area (TPSA) is 69.7 Å². The molecule has 2 aromatic rings. The van der Waals surface area contributed by atoms with Crippen molar-refractivity contribution in [2.24, 2.45) is 0 Å². The van der Waals surface area contributed by atoms with Crippen LogP contribution in [0.1, 0.15) is 36.3 Å². The Morgan fingerprint density at radius 3 is 2.23 bits per heavy atom. The number of likely N-dealkylation sites (tertiary alicyclic amines) is 2. The molecule has 0 spiro atoms. The SMILES string of the molecule is CS(=O)(=O)Nc1ccc(C2CCN([C@@H]3CCN(Cc4ccc(Cl)cc4)C3=O)CC2)cc1. The Hall–Kier alpha value is -2.09. The minimum atomic E-state index is -3.26. The van der Waals surface area contributed by atoms with E-state index in [0.717, 1.165) is 50.7 Å². The molecule has 31 heavy (non-hydrogen) atoms. The second kappa shape index (κ2) is 9.18. The van der Waals surface area contributed by atoms with Crippen molar-refractivity contribution in [2.75, 3.05) is 30.6 Å². The lowest BCUT2D eigenvalue weighted by atomic mass is 9.88. The van der Waals surface area contributed by atoms with Crippen LogP contribution in [0, 0.1) is 0 Å². The van der Waals surface area contributed by atoms with Crippen LogP contribution in [-0.2, 0) is 21.4 Å². The Labute approximate surface area is 189 Å². The van der Waals surface area contributed by atoms with Crippen molar-refractivity contribution in [2.45, 2.75) is 37.8 Å². The molecule has 1 atom stereocenters. The average molecular weight is 462 g/mol. The maximum absolute atomic E-state index is 13.0. The molecule has 2 aliphatic rings. The third-order valence-electron chi connectivity index (χ3n) is 6.21. The first-order valence-electron chi connectivity index (χ1n) is 10.6. The zero-order chi connectivity index (χ0) is 22.0. The van der Waals surface area contributed by atoms with E-state index in [1.165, 1.54) is 5.56 Å². The van der Waals surface area contributed by atoms with Crippen LogP contribution in [0.5, 0.6) is 0 Å². The Kier molecular flexibility index (Phi) is 6.55. The highest BCUT2D eigenvalue weighted by Gasteiger charge is 2.37. The van der Waals surface area contributed by atoms with Crippen LogP contribution in [0.2, 0.25) is 5.02 Å². The molecule has 2 saturated heterocycles. The molecule has 0 saturated carbocycles. The molecule has 0 bridgehead atoms. The molecule has 0 unspecified atom stereocenters. The standard InChI is InChI=1S/C23H28ClN3O3S/c1-31(29,30)25-21-8-4-18(5-9-21)19-10-13-26(14-11-19)22-12-15-27(23(22)28)16-17-2-6-20(24)7-3-17/h2-9,19,22,25H,10-16H2,1H3/t22-/m1/s1. The van der Waals surface area contributed by atoms with Gasteiger partial charge in [0.15, 0.2) is 0 Å². The first-order valence-corrected chi connectivity index (χ1v) is 12.9. The van der Waals surface area contributed by atoms with Crippen molar-refractivity contribution in [3.8, 4) is 0 Å². The highest BCUT2D eigenvalue weighted by Crippen LogP contribution is 2.31. The van der Waals surface area contributed by atoms with Crippen molar-refractivity contribution >= 4 is 33.2 Å². The van der Waals surface area contributed by atoms with Gasteiger partial charge in [-0.15, -0.1) is 0 Å². The van der Waals surface area contributed by atoms with E-state index in [-0.39, 0.29) is 11.9 Å². The van der Waals surface area contributed by atoms with Crippen LogP contribution < -0.4 is 4.72 Å². The minimum absolute atomic E-state index is 0.0189. The van der Waals surface area contributed by atoms with Crippen molar-refractivity contribution in [3.05, 3.63) is 64.7 Å². The molecule has 166 valence electrons. The number of carbonyl (C=O) groups is 1. The number of halogens is 1. The Bertz CT molecular complexity index is 1020. The number of hydrogen-bond acceptors (Lipinski definition) is 4. The molecule has 0 radical (unpaired) electrons. The number of nitrogens with one attached hydrogen (secondary N) is 1. The lowest BCUT2D eigenvalue weighted by molar-refractivity contribution is -0.133. The number of benzene rings is 2. The van der Waals surface area contributed by atoms with Crippen LogP contribution in [0.25, 0.3) is 0 Å². The first-order chi connectivity index (χ1) is 14.8. The average Bonchev–Trinajstić information content (AvgIpc) is 3.09. The van der Waals surface area contributed by atoms with Gasteiger partial charge in [0.05, 0.1) is 12.3 Å². The normalized spacial score (nSPS) is 20.9. The monoisotopic (exact) mass is 461 g/mol. The summed E-state index contributed by atoms with van der Waals surface area (Å²) in [7, 11) is -3.26. The van der Waals surface area contributed by atoms with Gasteiger partial charge in [-0.2, -0.15) is 0 Å². The van der Waals surface area contributed by atoms with Crippen molar-refractivity contribution in [1.82, 2.24) is 9.80 Å². The summed E-state index contributed by atoms with van der Waals surface area (Å²) >= 11 is 5.96. The second-order valence-corrected chi connectivity index (χ2v) is 10.7. The molecule has 1 amide bonds. The van der Waals surface area contributed by atoms with Gasteiger partial charge in [-0.1, -0.05) is 35.9 Å². The van der Waals surface area contributed by atoms with Crippen molar-refractivity contribution in [1.29, 1.82) is 0 Å². The van der Waals surface area contributed by atoms with E-state index in [1.54, 1.807) is 0 Å². The summed E-state index contributed by atoms with van der Waals surface area (Å²) in [6, 6.07) is 15.3. The fraction of sp³-hybridized carbons (Fsp3) is 0.435. The van der Waals surface area contributed by atoms with Crippen LogP contribution in [0.4, 0.5) is 5.69 Å². The lowest BCUT2D eigenvalue weighted by Gasteiger charge is -2.35. The Morgan fingerprint density at radius 2 is 1.61 bits per heavy atom. The molecule has 0 aliphatic carbocycles. The molecular weight excluding hydrogens is 434 g/mol. The molecule has 6 nitrogen and oxygen atoms in total. The van der Waals surface area contributed by atoms with Gasteiger partial charge in [0.1, 0.15) is 0 Å². The smallest absolute Gasteiger partial charge is 0.240 e. The molecule has 2 fully saturated rings. The number of nitrogens with zero attached hydrogens (tertiary/aromatic N) is 2. The van der Waals surface area contributed by atoms with Gasteiger partial charge < -0.3 is 4.90 Å². The summed E-state index contributed by atoms with van der Waals surface area (Å²) in [5, 5.41) is 0.707. The van der Waals surface area contributed by atoms with Gasteiger partial charge in [0, 0.05) is 23.8 Å². The fourth-order valence-electron chi connectivity index (χ4n) is 4.61. The summed E-state index contributed by atoms with van der Waals surface area (Å²) in [5.74, 6) is 0.662. The zero-order valence-corrected chi connectivity index (χ0v) is 19.2. The van der Waals surface area contributed by atoms with E-state index < -0.39 is 10.0 Å². The molecule has 0 aromatic heterocycles. The quantitative estimate of drug-likeness (QED) is 0.712. The van der Waals surface area contributed by atoms with E-state index in [2.05, 4.69) is 9.62 Å². The summed E-state index contributed by atoms with van der Waals surface area (Å²) in [6.45, 7) is 3.23. The largest absolute Gasteiger partial charge is 0.337 e. The number of amides is 1. The highest BCUT2D eigenvalue weighted by molar-refractivity contribution is 7.92. The third-order valence-corrected chi connectivity index (χ3v) is 7.07. The molecule has 2 heterocycles. The van der Waals surface area contributed by atoms with Gasteiger partial charge in [0.25, 0.3) is 0 Å². The summed E-state index contributed by atoms with van der Waals surface area (Å²) in [6.07, 6.45) is 4.03. The maximum Gasteiger partial charge on any atom is 0.240 e. The molecule has 4 rings (SSSR count). The number of carbonyl (C=O) groups excluding carboxylic acids is 1. The lowest BCUT2D eigenvalue weighted by Crippen LogP contribution is -2.45. The van der Waals surface area contributed by atoms with Crippen LogP contribution in [0.3, 0.4) is 0 Å². The summed E-state index contributed by atoms with van der Waals surface area (Å²) in [4.78, 5) is 17.3. The van der Waals surface area contributed by atoms with Crippen LogP contribution in [-0.4, -0.2) is 56.1 Å². The van der Waals surface area contributed by atoms with E-state index >= 15 is 0 Å². The predicted molar refractivity (Wildman–Crippen MR) is 124 cm³/mol. The van der Waals surface area contributed by atoms with Gasteiger partial charge in [-0.25, -0.2) is 8.42 Å². The van der Waals surface area contributed by atoms with E-state index in [0.29, 0.717) is 23.2 Å². The van der Waals surface area contributed by atoms with E-state index in [1.807, 2.05) is 53.4 Å². The van der Waals surface area contributed by atoms with Gasteiger partial charge in [-0.3, -0.25) is 14.4 Å². The van der Waals surface area contributed by atoms with Crippen molar-refractivity contribution in [3.63, 3.8) is 0 Å². The zero-order valence-electron chi connectivity index (χ0n) is 17.6. The Morgan fingerprint density at radius 1 is 0.968 bits per heavy atom.